The molecule has 5 heteroatoms. The maximum absolute atomic E-state index is 9.06. The molecule has 0 bridgehead atoms. The normalized spacial score (nSPS) is 13.5. The summed E-state index contributed by atoms with van der Waals surface area (Å²) in [5.74, 6) is 0. The van der Waals surface area contributed by atoms with Crippen molar-refractivity contribution >= 4 is 34.1 Å². The zero-order chi connectivity index (χ0) is 10.7. The molecule has 0 aliphatic rings. The predicted octanol–water partition coefficient (Wildman–Crippen LogP) is 2.26. The zero-order valence-electron chi connectivity index (χ0n) is 8.36. The maximum atomic E-state index is 9.06. The fraction of sp³-hybridized carbons (Fsp3) is 0.444. The van der Waals surface area contributed by atoms with E-state index >= 15 is 0 Å². The van der Waals surface area contributed by atoms with Gasteiger partial charge in [-0.1, -0.05) is 29.0 Å². The highest BCUT2D eigenvalue weighted by atomic mass is 35.5. The molecule has 0 radical (unpaired) electrons. The quantitative estimate of drug-likeness (QED) is 0.869. The van der Waals surface area contributed by atoms with E-state index in [1.54, 1.807) is 19.1 Å². The van der Waals surface area contributed by atoms with Gasteiger partial charge in [-0.05, 0) is 13.0 Å². The molecule has 0 fully saturated rings. The van der Waals surface area contributed by atoms with E-state index in [9.17, 15) is 0 Å². The van der Waals surface area contributed by atoms with Crippen molar-refractivity contribution in [1.29, 1.82) is 0 Å². The number of hydrogen-bond acceptors (Lipinski definition) is 4. The topological polar surface area (TPSA) is 36.4 Å². The molecule has 14 heavy (non-hydrogen) atoms. The van der Waals surface area contributed by atoms with E-state index in [4.69, 9.17) is 16.7 Å². The molecule has 1 N–H and O–H groups in total. The van der Waals surface area contributed by atoms with Crippen LogP contribution in [0.1, 0.15) is 11.8 Å². The molecule has 1 atom stereocenters. The number of aliphatic hydroxyl groups excluding tert-OH is 1. The first-order valence-electron chi connectivity index (χ1n) is 4.20. The number of thiazole rings is 1. The second-order valence-electron chi connectivity index (χ2n) is 3.15. The molecular formula is C9H13ClN2OS. The fourth-order valence-corrected chi connectivity index (χ4v) is 1.92. The minimum Gasteiger partial charge on any atom is -0.389 e. The minimum atomic E-state index is -0.462. The van der Waals surface area contributed by atoms with Crippen LogP contribution in [0.25, 0.3) is 6.08 Å². The van der Waals surface area contributed by atoms with E-state index in [1.165, 1.54) is 11.3 Å². The molecule has 0 saturated carbocycles. The van der Waals surface area contributed by atoms with E-state index in [2.05, 4.69) is 4.98 Å². The second kappa shape index (κ2) is 4.77. The van der Waals surface area contributed by atoms with E-state index in [1.807, 2.05) is 19.0 Å². The van der Waals surface area contributed by atoms with Crippen LogP contribution in [0.2, 0.25) is 5.15 Å². The summed E-state index contributed by atoms with van der Waals surface area (Å²) in [4.78, 5) is 6.94. The monoisotopic (exact) mass is 232 g/mol. The predicted molar refractivity (Wildman–Crippen MR) is 62.2 cm³/mol. The molecule has 0 aromatic carbocycles. The summed E-state index contributed by atoms with van der Waals surface area (Å²) in [7, 11) is 3.83. The van der Waals surface area contributed by atoms with Gasteiger partial charge in [0.25, 0.3) is 0 Å². The lowest BCUT2D eigenvalue weighted by Crippen LogP contribution is -2.07. The van der Waals surface area contributed by atoms with Gasteiger partial charge in [-0.2, -0.15) is 0 Å². The third-order valence-corrected chi connectivity index (χ3v) is 3.10. The Morgan fingerprint density at radius 2 is 2.21 bits per heavy atom. The van der Waals surface area contributed by atoms with Gasteiger partial charge >= 0.3 is 0 Å². The largest absolute Gasteiger partial charge is 0.389 e. The van der Waals surface area contributed by atoms with Gasteiger partial charge in [-0.15, -0.1) is 0 Å². The molecule has 0 spiro atoms. The van der Waals surface area contributed by atoms with E-state index < -0.39 is 6.10 Å². The van der Waals surface area contributed by atoms with Crippen LogP contribution in [0.5, 0.6) is 0 Å². The molecule has 1 rings (SSSR count). The number of aliphatic hydroxyl groups is 1. The number of halogens is 1. The molecule has 3 nitrogen and oxygen atoms in total. The zero-order valence-corrected chi connectivity index (χ0v) is 9.93. The Kier molecular flexibility index (Phi) is 3.92. The highest BCUT2D eigenvalue weighted by Gasteiger charge is 2.07. The molecule has 1 aromatic rings. The summed E-state index contributed by atoms with van der Waals surface area (Å²) < 4.78 is 0. The first-order chi connectivity index (χ1) is 6.50. The van der Waals surface area contributed by atoms with Crippen molar-refractivity contribution in [2.45, 2.75) is 13.0 Å². The van der Waals surface area contributed by atoms with E-state index in [0.29, 0.717) is 5.15 Å². The van der Waals surface area contributed by atoms with Crippen molar-refractivity contribution in [3.05, 3.63) is 16.1 Å². The first kappa shape index (κ1) is 11.5. The Hall–Kier alpha value is -0.580. The number of rotatable bonds is 3. The third kappa shape index (κ3) is 2.97. The Bertz CT molecular complexity index is 334. The van der Waals surface area contributed by atoms with Crippen molar-refractivity contribution in [3.8, 4) is 0 Å². The molecular weight excluding hydrogens is 220 g/mol. The van der Waals surface area contributed by atoms with Gasteiger partial charge in [-0.3, -0.25) is 0 Å². The Labute approximate surface area is 92.6 Å². The van der Waals surface area contributed by atoms with Crippen LogP contribution in [-0.2, 0) is 0 Å². The van der Waals surface area contributed by atoms with Crippen LogP contribution >= 0.6 is 22.9 Å². The second-order valence-corrected chi connectivity index (χ2v) is 4.51. The summed E-state index contributed by atoms with van der Waals surface area (Å²) in [6.07, 6.45) is 3.01. The number of nitrogens with zero attached hydrogens (tertiary/aromatic N) is 2. The molecule has 0 aliphatic heterocycles. The SMILES string of the molecule is CC(O)/C=C/c1sc(N(C)C)nc1Cl. The Morgan fingerprint density at radius 3 is 2.64 bits per heavy atom. The highest BCUT2D eigenvalue weighted by Crippen LogP contribution is 2.29. The lowest BCUT2D eigenvalue weighted by Gasteiger charge is -2.04. The molecule has 0 saturated heterocycles. The van der Waals surface area contributed by atoms with Crippen molar-refractivity contribution in [3.63, 3.8) is 0 Å². The summed E-state index contributed by atoms with van der Waals surface area (Å²) in [5, 5.41) is 10.4. The fourth-order valence-electron chi connectivity index (χ4n) is 0.823. The highest BCUT2D eigenvalue weighted by molar-refractivity contribution is 7.17. The first-order valence-corrected chi connectivity index (χ1v) is 5.40. The molecule has 78 valence electrons. The van der Waals surface area contributed by atoms with Crippen LogP contribution in [0.3, 0.4) is 0 Å². The van der Waals surface area contributed by atoms with Gasteiger partial charge in [0.15, 0.2) is 5.13 Å². The van der Waals surface area contributed by atoms with E-state index in [-0.39, 0.29) is 0 Å². The van der Waals surface area contributed by atoms with Crippen LogP contribution in [0.15, 0.2) is 6.08 Å². The van der Waals surface area contributed by atoms with Crippen molar-refractivity contribution in [2.75, 3.05) is 19.0 Å². The van der Waals surface area contributed by atoms with Gasteiger partial charge in [0.1, 0.15) is 5.15 Å². The standard InChI is InChI=1S/C9H13ClN2OS/c1-6(13)4-5-7-8(10)11-9(14-7)12(2)3/h4-6,13H,1-3H3/b5-4+. The van der Waals surface area contributed by atoms with Crippen molar-refractivity contribution in [2.24, 2.45) is 0 Å². The van der Waals surface area contributed by atoms with Crippen LogP contribution in [0.4, 0.5) is 5.13 Å². The number of anilines is 1. The van der Waals surface area contributed by atoms with Crippen molar-refractivity contribution < 1.29 is 5.11 Å². The third-order valence-electron chi connectivity index (χ3n) is 1.51. The summed E-state index contributed by atoms with van der Waals surface area (Å²) in [5.41, 5.74) is 0. The Morgan fingerprint density at radius 1 is 1.57 bits per heavy atom. The number of aromatic nitrogens is 1. The lowest BCUT2D eigenvalue weighted by molar-refractivity contribution is 0.245. The lowest BCUT2D eigenvalue weighted by atomic mass is 10.3. The molecule has 1 unspecified atom stereocenters. The van der Waals surface area contributed by atoms with Crippen molar-refractivity contribution in [1.82, 2.24) is 4.98 Å². The summed E-state index contributed by atoms with van der Waals surface area (Å²) >= 11 is 7.41. The van der Waals surface area contributed by atoms with Gasteiger partial charge in [0, 0.05) is 14.1 Å². The Balaban J connectivity index is 2.88. The summed E-state index contributed by atoms with van der Waals surface area (Å²) in [6, 6.07) is 0. The average Bonchev–Trinajstić information content (AvgIpc) is 2.43. The molecule has 0 amide bonds. The number of hydrogen-bond donors (Lipinski definition) is 1. The molecule has 1 heterocycles. The van der Waals surface area contributed by atoms with Crippen LogP contribution in [0, 0.1) is 0 Å². The van der Waals surface area contributed by atoms with E-state index in [0.717, 1.165) is 10.0 Å². The van der Waals surface area contributed by atoms with Gasteiger partial charge < -0.3 is 10.0 Å². The maximum Gasteiger partial charge on any atom is 0.186 e. The van der Waals surface area contributed by atoms with Crippen LogP contribution in [-0.4, -0.2) is 30.3 Å². The molecule has 1 aromatic heterocycles. The smallest absolute Gasteiger partial charge is 0.186 e. The molecule has 0 aliphatic carbocycles. The summed E-state index contributed by atoms with van der Waals surface area (Å²) in [6.45, 7) is 1.69. The van der Waals surface area contributed by atoms with Gasteiger partial charge in [0.05, 0.1) is 11.0 Å². The van der Waals surface area contributed by atoms with Gasteiger partial charge in [0.2, 0.25) is 0 Å². The van der Waals surface area contributed by atoms with Crippen LogP contribution < -0.4 is 4.90 Å². The average molecular weight is 233 g/mol. The van der Waals surface area contributed by atoms with Gasteiger partial charge in [-0.25, -0.2) is 4.98 Å². The minimum absolute atomic E-state index is 0.462.